The summed E-state index contributed by atoms with van der Waals surface area (Å²) in [6.45, 7) is 3.58. The van der Waals surface area contributed by atoms with Gasteiger partial charge in [-0.15, -0.1) is 0 Å². The highest BCUT2D eigenvalue weighted by molar-refractivity contribution is 8.00. The number of halogens is 1. The van der Waals surface area contributed by atoms with E-state index in [1.807, 2.05) is 11.8 Å². The lowest BCUT2D eigenvalue weighted by Gasteiger charge is -2.13. The number of carbonyl (C=O) groups is 1. The van der Waals surface area contributed by atoms with Gasteiger partial charge in [0.25, 0.3) is 5.91 Å². The van der Waals surface area contributed by atoms with E-state index in [9.17, 15) is 4.79 Å². The molecule has 20 heavy (non-hydrogen) atoms. The zero-order valence-corrected chi connectivity index (χ0v) is 13.4. The standard InChI is InChI=1S/C14H20ClN3OS/c1-3-8-16-11-5-4-10(15)12(18-11)13(19)17-9-14(20-2)6-7-14/h4-5H,3,6-9H2,1-2H3,(H,16,18)(H,17,19). The molecular weight excluding hydrogens is 294 g/mol. The fourth-order valence-corrected chi connectivity index (χ4v) is 2.79. The van der Waals surface area contributed by atoms with Gasteiger partial charge in [-0.05, 0) is 37.7 Å². The molecule has 2 rings (SSSR count). The van der Waals surface area contributed by atoms with E-state index in [0.29, 0.717) is 23.1 Å². The Hall–Kier alpha value is -0.940. The van der Waals surface area contributed by atoms with E-state index in [0.717, 1.165) is 25.8 Å². The molecule has 0 saturated heterocycles. The summed E-state index contributed by atoms with van der Waals surface area (Å²) >= 11 is 7.88. The Balaban J connectivity index is 2.00. The molecular formula is C14H20ClN3OS. The van der Waals surface area contributed by atoms with Crippen LogP contribution in [-0.4, -0.2) is 35.0 Å². The van der Waals surface area contributed by atoms with Crippen LogP contribution < -0.4 is 10.6 Å². The lowest BCUT2D eigenvalue weighted by atomic mass is 10.3. The summed E-state index contributed by atoms with van der Waals surface area (Å²) in [7, 11) is 0. The number of anilines is 1. The van der Waals surface area contributed by atoms with Gasteiger partial charge in [-0.1, -0.05) is 18.5 Å². The third kappa shape index (κ3) is 3.79. The van der Waals surface area contributed by atoms with E-state index in [4.69, 9.17) is 11.6 Å². The van der Waals surface area contributed by atoms with E-state index in [1.54, 1.807) is 12.1 Å². The maximum absolute atomic E-state index is 12.2. The van der Waals surface area contributed by atoms with Crippen LogP contribution in [0.5, 0.6) is 0 Å². The van der Waals surface area contributed by atoms with Crippen LogP contribution in [0.15, 0.2) is 12.1 Å². The highest BCUT2D eigenvalue weighted by Gasteiger charge is 2.42. The molecule has 2 N–H and O–H groups in total. The van der Waals surface area contributed by atoms with Crippen molar-refractivity contribution in [3.8, 4) is 0 Å². The van der Waals surface area contributed by atoms with Crippen molar-refractivity contribution in [2.75, 3.05) is 24.7 Å². The summed E-state index contributed by atoms with van der Waals surface area (Å²) in [6, 6.07) is 3.50. The zero-order valence-electron chi connectivity index (χ0n) is 11.8. The summed E-state index contributed by atoms with van der Waals surface area (Å²) in [5.74, 6) is 0.489. The number of thioether (sulfide) groups is 1. The molecule has 4 nitrogen and oxygen atoms in total. The Morgan fingerprint density at radius 3 is 2.85 bits per heavy atom. The summed E-state index contributed by atoms with van der Waals surface area (Å²) in [6.07, 6.45) is 5.41. The lowest BCUT2D eigenvalue weighted by Crippen LogP contribution is -2.32. The summed E-state index contributed by atoms with van der Waals surface area (Å²) < 4.78 is 0.236. The fraction of sp³-hybridized carbons (Fsp3) is 0.571. The number of aromatic nitrogens is 1. The van der Waals surface area contributed by atoms with E-state index in [-0.39, 0.29) is 10.7 Å². The van der Waals surface area contributed by atoms with Gasteiger partial charge in [0.1, 0.15) is 11.5 Å². The highest BCUT2D eigenvalue weighted by atomic mass is 35.5. The number of rotatable bonds is 7. The van der Waals surface area contributed by atoms with Crippen molar-refractivity contribution < 1.29 is 4.79 Å². The number of hydrogen-bond donors (Lipinski definition) is 2. The first-order chi connectivity index (χ1) is 9.60. The number of nitrogens with zero attached hydrogens (tertiary/aromatic N) is 1. The predicted octanol–water partition coefficient (Wildman–Crippen LogP) is 3.18. The maximum atomic E-state index is 12.2. The second kappa shape index (κ2) is 6.68. The van der Waals surface area contributed by atoms with Crippen molar-refractivity contribution in [1.82, 2.24) is 10.3 Å². The third-order valence-electron chi connectivity index (χ3n) is 3.43. The zero-order chi connectivity index (χ0) is 14.6. The average Bonchev–Trinajstić information content (AvgIpc) is 3.24. The van der Waals surface area contributed by atoms with Crippen LogP contribution in [0.1, 0.15) is 36.7 Å². The topological polar surface area (TPSA) is 54.0 Å². The van der Waals surface area contributed by atoms with Gasteiger partial charge in [-0.2, -0.15) is 11.8 Å². The van der Waals surface area contributed by atoms with Crippen LogP contribution in [0, 0.1) is 0 Å². The van der Waals surface area contributed by atoms with Gasteiger partial charge in [0.05, 0.1) is 5.02 Å². The van der Waals surface area contributed by atoms with Gasteiger partial charge < -0.3 is 10.6 Å². The summed E-state index contributed by atoms with van der Waals surface area (Å²) in [5, 5.41) is 6.49. The van der Waals surface area contributed by atoms with Crippen LogP contribution in [0.4, 0.5) is 5.82 Å². The Kier molecular flexibility index (Phi) is 5.16. The van der Waals surface area contributed by atoms with Crippen molar-refractivity contribution in [3.05, 3.63) is 22.8 Å². The molecule has 0 bridgehead atoms. The SMILES string of the molecule is CCCNc1ccc(Cl)c(C(=O)NCC2(SC)CC2)n1. The monoisotopic (exact) mass is 313 g/mol. The number of nitrogens with one attached hydrogen (secondary N) is 2. The Morgan fingerprint density at radius 1 is 1.50 bits per heavy atom. The Labute approximate surface area is 129 Å². The van der Waals surface area contributed by atoms with Crippen LogP contribution >= 0.6 is 23.4 Å². The minimum Gasteiger partial charge on any atom is -0.370 e. The molecule has 1 heterocycles. The minimum absolute atomic E-state index is 0.199. The van der Waals surface area contributed by atoms with Crippen LogP contribution in [0.3, 0.4) is 0 Å². The van der Waals surface area contributed by atoms with Crippen molar-refractivity contribution >= 4 is 35.1 Å². The molecule has 0 spiro atoms. The third-order valence-corrected chi connectivity index (χ3v) is 5.15. The van der Waals surface area contributed by atoms with Crippen molar-refractivity contribution in [3.63, 3.8) is 0 Å². The first kappa shape index (κ1) is 15.4. The van der Waals surface area contributed by atoms with Gasteiger partial charge in [-0.3, -0.25) is 4.79 Å². The highest BCUT2D eigenvalue weighted by Crippen LogP contribution is 2.46. The Morgan fingerprint density at radius 2 is 2.25 bits per heavy atom. The first-order valence-electron chi connectivity index (χ1n) is 6.84. The molecule has 6 heteroatoms. The van der Waals surface area contributed by atoms with Crippen LogP contribution in [0.25, 0.3) is 0 Å². The van der Waals surface area contributed by atoms with Gasteiger partial charge in [0.2, 0.25) is 0 Å². The first-order valence-corrected chi connectivity index (χ1v) is 8.44. The summed E-state index contributed by atoms with van der Waals surface area (Å²) in [5.41, 5.74) is 0.296. The van der Waals surface area contributed by atoms with E-state index in [2.05, 4.69) is 28.8 Å². The number of carbonyl (C=O) groups excluding carboxylic acids is 1. The fourth-order valence-electron chi connectivity index (χ4n) is 1.87. The molecule has 0 aromatic carbocycles. The number of pyridine rings is 1. The van der Waals surface area contributed by atoms with E-state index < -0.39 is 0 Å². The summed E-state index contributed by atoms with van der Waals surface area (Å²) in [4.78, 5) is 16.5. The molecule has 0 atom stereocenters. The van der Waals surface area contributed by atoms with E-state index in [1.165, 1.54) is 0 Å². The molecule has 110 valence electrons. The van der Waals surface area contributed by atoms with Gasteiger partial charge in [-0.25, -0.2) is 4.98 Å². The normalized spacial score (nSPS) is 15.8. The molecule has 1 fully saturated rings. The molecule has 0 aliphatic heterocycles. The second-order valence-corrected chi connectivity index (χ2v) is 6.70. The average molecular weight is 314 g/mol. The number of amides is 1. The van der Waals surface area contributed by atoms with Crippen molar-refractivity contribution in [1.29, 1.82) is 0 Å². The molecule has 1 aromatic rings. The Bertz CT molecular complexity index is 491. The van der Waals surface area contributed by atoms with Crippen molar-refractivity contribution in [2.24, 2.45) is 0 Å². The molecule has 1 aliphatic carbocycles. The van der Waals surface area contributed by atoms with Crippen LogP contribution in [-0.2, 0) is 0 Å². The molecule has 0 radical (unpaired) electrons. The molecule has 1 aromatic heterocycles. The molecule has 1 saturated carbocycles. The quantitative estimate of drug-likeness (QED) is 0.812. The molecule has 1 amide bonds. The van der Waals surface area contributed by atoms with Gasteiger partial charge in [0.15, 0.2) is 0 Å². The largest absolute Gasteiger partial charge is 0.370 e. The molecule has 1 aliphatic rings. The van der Waals surface area contributed by atoms with E-state index >= 15 is 0 Å². The lowest BCUT2D eigenvalue weighted by molar-refractivity contribution is 0.0948. The van der Waals surface area contributed by atoms with Gasteiger partial charge in [0, 0.05) is 17.8 Å². The van der Waals surface area contributed by atoms with Crippen LogP contribution in [0.2, 0.25) is 5.02 Å². The van der Waals surface area contributed by atoms with Crippen molar-refractivity contribution in [2.45, 2.75) is 30.9 Å². The minimum atomic E-state index is -0.199. The second-order valence-electron chi connectivity index (χ2n) is 5.02. The smallest absolute Gasteiger partial charge is 0.271 e. The molecule has 0 unspecified atom stereocenters. The predicted molar refractivity (Wildman–Crippen MR) is 85.8 cm³/mol. The maximum Gasteiger partial charge on any atom is 0.271 e. The number of hydrogen-bond acceptors (Lipinski definition) is 4. The van der Waals surface area contributed by atoms with Gasteiger partial charge >= 0.3 is 0 Å².